The highest BCUT2D eigenvalue weighted by molar-refractivity contribution is 5.76. The summed E-state index contributed by atoms with van der Waals surface area (Å²) in [5.41, 5.74) is 0. The van der Waals surface area contributed by atoms with E-state index in [9.17, 15) is 4.79 Å². The number of rotatable bonds is 0. The number of aromatic nitrogens is 2. The van der Waals surface area contributed by atoms with Crippen molar-refractivity contribution in [1.29, 1.82) is 0 Å². The van der Waals surface area contributed by atoms with Gasteiger partial charge >= 0.3 is 6.03 Å². The van der Waals surface area contributed by atoms with Crippen molar-refractivity contribution >= 4 is 6.03 Å². The van der Waals surface area contributed by atoms with Gasteiger partial charge in [-0.1, -0.05) is 0 Å². The summed E-state index contributed by atoms with van der Waals surface area (Å²) in [6.07, 6.45) is 8.99. The molecule has 0 N–H and O–H groups in total. The molecular weight excluding hydrogens is 317 g/mol. The summed E-state index contributed by atoms with van der Waals surface area (Å²) in [6, 6.07) is 0.474. The lowest BCUT2D eigenvalue weighted by Crippen LogP contribution is -3.00. The van der Waals surface area contributed by atoms with Crippen LogP contribution in [0, 0.1) is 0 Å². The Hall–Kier alpha value is -0.590. The van der Waals surface area contributed by atoms with E-state index in [1.807, 2.05) is 35.2 Å². The summed E-state index contributed by atoms with van der Waals surface area (Å²) in [4.78, 5) is 14.1. The van der Waals surface area contributed by atoms with Gasteiger partial charge in [-0.25, -0.2) is 9.36 Å². The molecule has 1 fully saturated rings. The zero-order valence-electron chi connectivity index (χ0n) is 9.77. The summed E-state index contributed by atoms with van der Waals surface area (Å²) in [5, 5.41) is 0. The highest BCUT2D eigenvalue weighted by Crippen LogP contribution is 2.17. The second kappa shape index (κ2) is 5.65. The molecule has 1 saturated heterocycles. The first-order chi connectivity index (χ1) is 7.18. The minimum absolute atomic E-state index is 0. The van der Waals surface area contributed by atoms with Gasteiger partial charge in [0.1, 0.15) is 12.4 Å². The number of hydrogen-bond acceptors (Lipinski definition) is 1. The van der Waals surface area contributed by atoms with E-state index in [2.05, 4.69) is 6.92 Å². The van der Waals surface area contributed by atoms with Gasteiger partial charge in [-0.05, 0) is 26.2 Å². The molecule has 5 heteroatoms. The number of amides is 1. The van der Waals surface area contributed by atoms with Crippen LogP contribution in [0.5, 0.6) is 0 Å². The summed E-state index contributed by atoms with van der Waals surface area (Å²) >= 11 is 0. The van der Waals surface area contributed by atoms with Crippen molar-refractivity contribution < 1.29 is 33.3 Å². The van der Waals surface area contributed by atoms with Gasteiger partial charge in [0.05, 0.1) is 7.05 Å². The van der Waals surface area contributed by atoms with Gasteiger partial charge in [-0.15, -0.1) is 0 Å². The molecule has 16 heavy (non-hydrogen) atoms. The maximum atomic E-state index is 12.1. The van der Waals surface area contributed by atoms with E-state index in [-0.39, 0.29) is 30.0 Å². The lowest BCUT2D eigenvalue weighted by Gasteiger charge is -2.31. The predicted molar refractivity (Wildman–Crippen MR) is 56.4 cm³/mol. The van der Waals surface area contributed by atoms with Crippen molar-refractivity contribution in [2.75, 3.05) is 6.54 Å². The molecule has 90 valence electrons. The van der Waals surface area contributed by atoms with Gasteiger partial charge in [0.25, 0.3) is 6.33 Å². The highest BCUT2D eigenvalue weighted by Gasteiger charge is 2.27. The second-order valence-electron chi connectivity index (χ2n) is 4.31. The van der Waals surface area contributed by atoms with E-state index in [1.165, 1.54) is 6.42 Å². The predicted octanol–water partition coefficient (Wildman–Crippen LogP) is -1.84. The zero-order valence-corrected chi connectivity index (χ0v) is 11.9. The van der Waals surface area contributed by atoms with Crippen LogP contribution in [0.25, 0.3) is 0 Å². The molecule has 0 aromatic carbocycles. The smallest absolute Gasteiger partial charge is 0.416 e. The van der Waals surface area contributed by atoms with Gasteiger partial charge in [0, 0.05) is 12.6 Å². The van der Waals surface area contributed by atoms with Gasteiger partial charge in [-0.3, -0.25) is 0 Å². The Kier molecular flexibility index (Phi) is 4.76. The standard InChI is InChI=1S/C11H18N3O.HI/c1-10-5-3-4-6-14(10)11(15)13-8-7-12(2)9-13;/h7-10H,3-6H2,1-2H3;1H/q+1;/p-1. The Morgan fingerprint density at radius 1 is 1.44 bits per heavy atom. The Balaban J connectivity index is 0.00000128. The van der Waals surface area contributed by atoms with Crippen molar-refractivity contribution in [3.8, 4) is 0 Å². The number of hydrogen-bond donors (Lipinski definition) is 0. The van der Waals surface area contributed by atoms with Gasteiger partial charge in [0.2, 0.25) is 0 Å². The monoisotopic (exact) mass is 335 g/mol. The average Bonchev–Trinajstić information content (AvgIpc) is 2.65. The van der Waals surface area contributed by atoms with Crippen LogP contribution < -0.4 is 28.5 Å². The van der Waals surface area contributed by atoms with E-state index in [0.29, 0.717) is 6.04 Å². The van der Waals surface area contributed by atoms with Gasteiger partial charge in [0.15, 0.2) is 0 Å². The molecule has 1 aliphatic rings. The van der Waals surface area contributed by atoms with Crippen LogP contribution in [-0.4, -0.2) is 28.1 Å². The van der Waals surface area contributed by atoms with Crippen molar-refractivity contribution in [2.45, 2.75) is 32.2 Å². The van der Waals surface area contributed by atoms with Crippen LogP contribution in [0.15, 0.2) is 18.7 Å². The first-order valence-corrected chi connectivity index (χ1v) is 5.52. The third kappa shape index (κ3) is 2.75. The van der Waals surface area contributed by atoms with E-state index >= 15 is 0 Å². The van der Waals surface area contributed by atoms with Crippen molar-refractivity contribution in [1.82, 2.24) is 9.47 Å². The molecule has 0 radical (unpaired) electrons. The Bertz CT molecular complexity index is 364. The lowest BCUT2D eigenvalue weighted by molar-refractivity contribution is -0.670. The second-order valence-corrected chi connectivity index (χ2v) is 4.31. The van der Waals surface area contributed by atoms with E-state index in [4.69, 9.17) is 0 Å². The average molecular weight is 335 g/mol. The molecule has 1 atom stereocenters. The van der Waals surface area contributed by atoms with Crippen LogP contribution in [0.2, 0.25) is 0 Å². The molecule has 0 saturated carbocycles. The largest absolute Gasteiger partial charge is 1.00 e. The number of halogens is 1. The minimum atomic E-state index is 0. The maximum Gasteiger partial charge on any atom is 0.416 e. The fourth-order valence-corrected chi connectivity index (χ4v) is 2.09. The van der Waals surface area contributed by atoms with E-state index in [0.717, 1.165) is 19.4 Å². The number of piperidine rings is 1. The van der Waals surface area contributed by atoms with Crippen LogP contribution in [0.3, 0.4) is 0 Å². The zero-order chi connectivity index (χ0) is 10.8. The normalized spacial score (nSPS) is 20.4. The van der Waals surface area contributed by atoms with Crippen LogP contribution >= 0.6 is 0 Å². The summed E-state index contributed by atoms with van der Waals surface area (Å²) < 4.78 is 3.54. The SMILES string of the molecule is CC1CCCCN1C(=O)n1cc[n+](C)c1.[I-]. The first kappa shape index (κ1) is 13.5. The third-order valence-corrected chi connectivity index (χ3v) is 3.04. The number of likely N-dealkylation sites (tertiary alicyclic amines) is 1. The summed E-state index contributed by atoms with van der Waals surface area (Å²) in [5.74, 6) is 0. The number of aryl methyl sites for hydroxylation is 1. The third-order valence-electron chi connectivity index (χ3n) is 3.04. The fraction of sp³-hybridized carbons (Fsp3) is 0.636. The number of imidazole rings is 1. The van der Waals surface area contributed by atoms with Crippen molar-refractivity contribution in [2.24, 2.45) is 7.05 Å². The molecule has 0 spiro atoms. The van der Waals surface area contributed by atoms with Crippen LogP contribution in [0.4, 0.5) is 4.79 Å². The Labute approximate surface area is 113 Å². The number of carbonyl (C=O) groups is 1. The lowest BCUT2D eigenvalue weighted by atomic mass is 10.0. The summed E-state index contributed by atoms with van der Waals surface area (Å²) in [6.45, 7) is 3.02. The molecular formula is C11H18IN3O. The number of carbonyl (C=O) groups excluding carboxylic acids is 1. The molecule has 0 bridgehead atoms. The molecule has 1 unspecified atom stereocenters. The number of nitrogens with zero attached hydrogens (tertiary/aromatic N) is 3. The van der Waals surface area contributed by atoms with Gasteiger partial charge < -0.3 is 28.9 Å². The molecule has 1 aliphatic heterocycles. The maximum absolute atomic E-state index is 12.1. The molecule has 1 aromatic heterocycles. The van der Waals surface area contributed by atoms with Crippen LogP contribution in [0.1, 0.15) is 26.2 Å². The van der Waals surface area contributed by atoms with Gasteiger partial charge in [-0.2, -0.15) is 4.57 Å². The molecule has 1 amide bonds. The molecule has 2 rings (SSSR count). The van der Waals surface area contributed by atoms with Crippen LogP contribution in [-0.2, 0) is 7.05 Å². The topological polar surface area (TPSA) is 29.1 Å². The first-order valence-electron chi connectivity index (χ1n) is 5.52. The minimum Gasteiger partial charge on any atom is -1.00 e. The van der Waals surface area contributed by atoms with E-state index < -0.39 is 0 Å². The quantitative estimate of drug-likeness (QED) is 0.405. The molecule has 1 aromatic rings. The molecule has 4 nitrogen and oxygen atoms in total. The van der Waals surface area contributed by atoms with E-state index in [1.54, 1.807) is 4.57 Å². The van der Waals surface area contributed by atoms with Crippen molar-refractivity contribution in [3.63, 3.8) is 0 Å². The fourth-order valence-electron chi connectivity index (χ4n) is 2.09. The van der Waals surface area contributed by atoms with Crippen molar-refractivity contribution in [3.05, 3.63) is 18.7 Å². The molecule has 2 heterocycles. The Morgan fingerprint density at radius 2 is 2.19 bits per heavy atom. The molecule has 0 aliphatic carbocycles. The summed E-state index contributed by atoms with van der Waals surface area (Å²) in [7, 11) is 1.92. The Morgan fingerprint density at radius 3 is 2.75 bits per heavy atom. The highest BCUT2D eigenvalue weighted by atomic mass is 127.